The molecule has 1 aliphatic carbocycles. The van der Waals surface area contributed by atoms with Gasteiger partial charge >= 0.3 is 0 Å². The lowest BCUT2D eigenvalue weighted by Gasteiger charge is -2.42. The minimum absolute atomic E-state index is 0.0701. The second-order valence-electron chi connectivity index (χ2n) is 10.3. The number of alkyl halides is 2. The van der Waals surface area contributed by atoms with E-state index in [-0.39, 0.29) is 47.6 Å². The van der Waals surface area contributed by atoms with Crippen LogP contribution in [0.1, 0.15) is 80.7 Å². The second-order valence-corrected chi connectivity index (χ2v) is 10.3. The zero-order chi connectivity index (χ0) is 26.3. The third-order valence-corrected chi connectivity index (χ3v) is 6.67. The van der Waals surface area contributed by atoms with Gasteiger partial charge in [-0.15, -0.1) is 0 Å². The molecule has 5 nitrogen and oxygen atoms in total. The maximum absolute atomic E-state index is 14.8. The number of benzene rings is 1. The van der Waals surface area contributed by atoms with Crippen LogP contribution >= 0.6 is 0 Å². The molecule has 36 heavy (non-hydrogen) atoms. The first-order chi connectivity index (χ1) is 16.9. The number of nitrogens with one attached hydrogen (secondary N) is 1. The number of carbonyl (C=O) groups excluding carboxylic acids is 1. The third-order valence-electron chi connectivity index (χ3n) is 6.67. The van der Waals surface area contributed by atoms with Crippen molar-refractivity contribution in [1.82, 2.24) is 15.0 Å². The van der Waals surface area contributed by atoms with Crippen LogP contribution in [0.5, 0.6) is 0 Å². The Morgan fingerprint density at radius 2 is 1.75 bits per heavy atom. The summed E-state index contributed by atoms with van der Waals surface area (Å²) in [6.45, 7) is 7.30. The van der Waals surface area contributed by atoms with Crippen molar-refractivity contribution in [2.45, 2.75) is 64.7 Å². The first kappa shape index (κ1) is 25.7. The van der Waals surface area contributed by atoms with Crippen LogP contribution in [0.25, 0.3) is 11.1 Å². The van der Waals surface area contributed by atoms with E-state index in [1.165, 1.54) is 24.7 Å². The van der Waals surface area contributed by atoms with Gasteiger partial charge in [-0.05, 0) is 36.1 Å². The average molecular weight is 501 g/mol. The summed E-state index contributed by atoms with van der Waals surface area (Å²) >= 11 is 0. The fourth-order valence-corrected chi connectivity index (χ4v) is 4.87. The van der Waals surface area contributed by atoms with Crippen molar-refractivity contribution >= 4 is 11.6 Å². The lowest BCUT2D eigenvalue weighted by atomic mass is 9.65. The molecule has 1 amide bonds. The van der Waals surface area contributed by atoms with Crippen molar-refractivity contribution in [1.29, 1.82) is 0 Å². The predicted octanol–water partition coefficient (Wildman–Crippen LogP) is 7.12. The van der Waals surface area contributed by atoms with Gasteiger partial charge in [0.2, 0.25) is 5.92 Å². The van der Waals surface area contributed by atoms with Gasteiger partial charge in [-0.2, -0.15) is 0 Å². The SMILES string of the molecule is CC(C)c1ncc(C(=O)Nc2c(-c3cc(F)ccc3F)ccnc2C2CCC(F)(F)CC2(C)C)cn1. The number of nitrogens with zero attached hydrogens (tertiary/aromatic N) is 3. The molecule has 1 aliphatic rings. The van der Waals surface area contributed by atoms with Gasteiger partial charge in [0, 0.05) is 54.4 Å². The minimum Gasteiger partial charge on any atom is -0.320 e. The number of carbonyl (C=O) groups is 1. The topological polar surface area (TPSA) is 67.8 Å². The van der Waals surface area contributed by atoms with Crippen molar-refractivity contribution in [3.05, 3.63) is 71.6 Å². The van der Waals surface area contributed by atoms with Crippen molar-refractivity contribution in [3.8, 4) is 11.1 Å². The van der Waals surface area contributed by atoms with Crippen molar-refractivity contribution < 1.29 is 22.4 Å². The zero-order valence-corrected chi connectivity index (χ0v) is 20.6. The number of halogens is 4. The quantitative estimate of drug-likeness (QED) is 0.379. The van der Waals surface area contributed by atoms with E-state index in [0.29, 0.717) is 11.5 Å². The predicted molar refractivity (Wildman–Crippen MR) is 129 cm³/mol. The van der Waals surface area contributed by atoms with Gasteiger partial charge in [0.05, 0.1) is 16.9 Å². The highest BCUT2D eigenvalue weighted by molar-refractivity contribution is 6.06. The number of aromatic nitrogens is 3. The van der Waals surface area contributed by atoms with E-state index in [1.54, 1.807) is 13.8 Å². The molecule has 0 saturated heterocycles. The number of amides is 1. The molecule has 1 unspecified atom stereocenters. The van der Waals surface area contributed by atoms with Crippen LogP contribution in [0.2, 0.25) is 0 Å². The van der Waals surface area contributed by atoms with Crippen molar-refractivity contribution in [2.24, 2.45) is 5.41 Å². The van der Waals surface area contributed by atoms with Crippen molar-refractivity contribution in [2.75, 3.05) is 5.32 Å². The minimum atomic E-state index is -2.81. The first-order valence-corrected chi connectivity index (χ1v) is 11.8. The molecule has 190 valence electrons. The Kier molecular flexibility index (Phi) is 6.86. The van der Waals surface area contributed by atoms with Gasteiger partial charge in [0.1, 0.15) is 17.5 Å². The fraction of sp³-hybridized carbons (Fsp3) is 0.407. The summed E-state index contributed by atoms with van der Waals surface area (Å²) in [5.41, 5.74) is -0.0604. The standard InChI is InChI=1S/C27H28F4N4O/c1-15(2)24-33-12-16(13-34-24)25(36)35-22-18(19-11-17(28)5-6-21(19)29)8-10-32-23(22)20-7-9-27(30,31)14-26(20,3)4/h5-6,8,10-13,15,20H,7,9,14H2,1-4H3,(H,35,36). The summed E-state index contributed by atoms with van der Waals surface area (Å²) in [4.78, 5) is 26.1. The van der Waals surface area contributed by atoms with E-state index >= 15 is 0 Å². The highest BCUT2D eigenvalue weighted by Gasteiger charge is 2.48. The van der Waals surface area contributed by atoms with Crippen LogP contribution < -0.4 is 5.32 Å². The van der Waals surface area contributed by atoms with Gasteiger partial charge in [-0.3, -0.25) is 9.78 Å². The van der Waals surface area contributed by atoms with Crippen LogP contribution in [0.3, 0.4) is 0 Å². The second kappa shape index (κ2) is 9.59. The molecular weight excluding hydrogens is 472 g/mol. The van der Waals surface area contributed by atoms with E-state index in [9.17, 15) is 22.4 Å². The van der Waals surface area contributed by atoms with Gasteiger partial charge < -0.3 is 5.32 Å². The molecule has 9 heteroatoms. The Morgan fingerprint density at radius 1 is 1.06 bits per heavy atom. The van der Waals surface area contributed by atoms with Crippen LogP contribution in [0.15, 0.2) is 42.9 Å². The van der Waals surface area contributed by atoms with E-state index in [0.717, 1.165) is 18.2 Å². The number of pyridine rings is 1. The number of anilines is 1. The van der Waals surface area contributed by atoms with Gasteiger partial charge in [-0.25, -0.2) is 27.5 Å². The van der Waals surface area contributed by atoms with Crippen molar-refractivity contribution in [3.63, 3.8) is 0 Å². The average Bonchev–Trinajstić information content (AvgIpc) is 2.80. The van der Waals surface area contributed by atoms with Crippen LogP contribution in [-0.2, 0) is 0 Å². The lowest BCUT2D eigenvalue weighted by molar-refractivity contribution is -0.0817. The van der Waals surface area contributed by atoms with Gasteiger partial charge in [0.15, 0.2) is 0 Å². The van der Waals surface area contributed by atoms with Crippen LogP contribution in [-0.4, -0.2) is 26.8 Å². The molecule has 1 atom stereocenters. The molecule has 0 aliphatic heterocycles. The highest BCUT2D eigenvalue weighted by atomic mass is 19.3. The normalized spacial score (nSPS) is 18.8. The molecule has 1 N–H and O–H groups in total. The molecule has 1 saturated carbocycles. The zero-order valence-electron chi connectivity index (χ0n) is 20.6. The Hall–Kier alpha value is -3.36. The Labute approximate surface area is 207 Å². The number of hydrogen-bond donors (Lipinski definition) is 1. The van der Waals surface area contributed by atoms with Crippen LogP contribution in [0, 0.1) is 17.0 Å². The molecular formula is C27H28F4N4O. The number of rotatable bonds is 5. The van der Waals surface area contributed by atoms with E-state index in [4.69, 9.17) is 0 Å². The van der Waals surface area contributed by atoms with E-state index in [1.807, 2.05) is 13.8 Å². The molecule has 1 aromatic carbocycles. The summed E-state index contributed by atoms with van der Waals surface area (Å²) in [7, 11) is 0. The molecule has 0 bridgehead atoms. The van der Waals surface area contributed by atoms with Crippen LogP contribution in [0.4, 0.5) is 23.2 Å². The molecule has 2 heterocycles. The molecule has 3 aromatic rings. The van der Waals surface area contributed by atoms with Gasteiger partial charge in [0.25, 0.3) is 5.91 Å². The summed E-state index contributed by atoms with van der Waals surface area (Å²) in [6, 6.07) is 4.50. The molecule has 0 spiro atoms. The Balaban J connectivity index is 1.82. The molecule has 0 radical (unpaired) electrons. The smallest absolute Gasteiger partial charge is 0.258 e. The monoisotopic (exact) mass is 500 g/mol. The lowest BCUT2D eigenvalue weighted by Crippen LogP contribution is -2.38. The maximum atomic E-state index is 14.8. The maximum Gasteiger partial charge on any atom is 0.258 e. The fourth-order valence-electron chi connectivity index (χ4n) is 4.87. The summed E-state index contributed by atoms with van der Waals surface area (Å²) in [5.74, 6) is -4.55. The third kappa shape index (κ3) is 5.24. The Bertz CT molecular complexity index is 1280. The summed E-state index contributed by atoms with van der Waals surface area (Å²) in [6.07, 6.45) is 3.63. The largest absolute Gasteiger partial charge is 0.320 e. The van der Waals surface area contributed by atoms with Gasteiger partial charge in [-0.1, -0.05) is 27.7 Å². The molecule has 1 fully saturated rings. The summed E-state index contributed by atoms with van der Waals surface area (Å²) in [5, 5.41) is 2.79. The Morgan fingerprint density at radius 3 is 2.39 bits per heavy atom. The highest BCUT2D eigenvalue weighted by Crippen LogP contribution is 2.53. The van der Waals surface area contributed by atoms with E-state index < -0.39 is 34.8 Å². The number of hydrogen-bond acceptors (Lipinski definition) is 4. The van der Waals surface area contributed by atoms with E-state index in [2.05, 4.69) is 20.3 Å². The molecule has 2 aromatic heterocycles. The first-order valence-electron chi connectivity index (χ1n) is 11.8. The molecule has 4 rings (SSSR count). The summed E-state index contributed by atoms with van der Waals surface area (Å²) < 4.78 is 57.4.